The molecule has 1 aromatic carbocycles. The Morgan fingerprint density at radius 1 is 1.44 bits per heavy atom. The van der Waals surface area contributed by atoms with E-state index in [0.29, 0.717) is 24.4 Å². The lowest BCUT2D eigenvalue weighted by molar-refractivity contribution is -0.384. The van der Waals surface area contributed by atoms with Crippen LogP contribution in [0.1, 0.15) is 23.9 Å². The first-order valence-corrected chi connectivity index (χ1v) is 8.04. The number of carbonyl (C=O) groups excluding carboxylic acids is 1. The molecule has 0 bridgehead atoms. The van der Waals surface area contributed by atoms with Gasteiger partial charge in [0.05, 0.1) is 11.0 Å². The average Bonchev–Trinajstić information content (AvgIpc) is 3.18. The molecule has 1 aliphatic rings. The minimum atomic E-state index is -0.497. The Labute approximate surface area is 148 Å². The van der Waals surface area contributed by atoms with E-state index in [0.717, 1.165) is 0 Å². The number of thiol groups is 1. The van der Waals surface area contributed by atoms with Crippen molar-refractivity contribution in [3.63, 3.8) is 0 Å². The zero-order valence-electron chi connectivity index (χ0n) is 13.3. The maximum absolute atomic E-state index is 12.4. The SMILES string of the molecule is Cn1nnnc1[C@@H]1C[C@H](S)CN1C(=O)OCc1ccc([N+](=O)[O-])cc1. The molecular formula is C14H16N6O4S. The summed E-state index contributed by atoms with van der Waals surface area (Å²) in [4.78, 5) is 24.2. The number of aryl methyl sites for hydroxylation is 1. The molecular weight excluding hydrogens is 348 g/mol. The quantitative estimate of drug-likeness (QED) is 0.496. The van der Waals surface area contributed by atoms with E-state index in [4.69, 9.17) is 4.74 Å². The van der Waals surface area contributed by atoms with Gasteiger partial charge in [0.15, 0.2) is 5.82 Å². The standard InChI is InChI=1S/C14H16N6O4S/c1-18-13(15-16-17-18)12-6-11(25)7-19(12)14(21)24-8-9-2-4-10(5-3-9)20(22)23/h2-5,11-12,25H,6-8H2,1H3/t11-,12-/m0/s1. The van der Waals surface area contributed by atoms with Crippen molar-refractivity contribution in [2.24, 2.45) is 7.05 Å². The number of nitrogens with zero attached hydrogens (tertiary/aromatic N) is 6. The van der Waals surface area contributed by atoms with E-state index in [9.17, 15) is 14.9 Å². The van der Waals surface area contributed by atoms with E-state index in [2.05, 4.69) is 28.2 Å². The molecule has 132 valence electrons. The molecule has 1 aromatic heterocycles. The van der Waals surface area contributed by atoms with Crippen molar-refractivity contribution in [2.45, 2.75) is 24.3 Å². The molecule has 1 fully saturated rings. The fourth-order valence-corrected chi connectivity index (χ4v) is 3.10. The van der Waals surface area contributed by atoms with Crippen LogP contribution < -0.4 is 0 Å². The van der Waals surface area contributed by atoms with E-state index in [1.54, 1.807) is 24.1 Å². The van der Waals surface area contributed by atoms with E-state index in [1.165, 1.54) is 16.8 Å². The Kier molecular flexibility index (Phi) is 4.83. The zero-order chi connectivity index (χ0) is 18.0. The molecule has 1 amide bonds. The third-order valence-corrected chi connectivity index (χ3v) is 4.35. The summed E-state index contributed by atoms with van der Waals surface area (Å²) in [6, 6.07) is 5.56. The van der Waals surface area contributed by atoms with E-state index in [1.807, 2.05) is 0 Å². The summed E-state index contributed by atoms with van der Waals surface area (Å²) in [6.45, 7) is 0.452. The van der Waals surface area contributed by atoms with Crippen LogP contribution in [0.15, 0.2) is 24.3 Å². The van der Waals surface area contributed by atoms with Gasteiger partial charge in [-0.3, -0.25) is 15.0 Å². The summed E-state index contributed by atoms with van der Waals surface area (Å²) in [7, 11) is 1.71. The summed E-state index contributed by atoms with van der Waals surface area (Å²) in [5, 5.41) is 22.0. The average molecular weight is 364 g/mol. The number of ether oxygens (including phenoxy) is 1. The van der Waals surface area contributed by atoms with Gasteiger partial charge in [-0.15, -0.1) is 5.10 Å². The summed E-state index contributed by atoms with van der Waals surface area (Å²) in [6.07, 6.45) is 0.132. The maximum Gasteiger partial charge on any atom is 0.410 e. The first-order chi connectivity index (χ1) is 12.0. The Balaban J connectivity index is 1.65. The summed E-state index contributed by atoms with van der Waals surface area (Å²) in [5.74, 6) is 0.573. The monoisotopic (exact) mass is 364 g/mol. The molecule has 2 atom stereocenters. The van der Waals surface area contributed by atoms with E-state index >= 15 is 0 Å². The van der Waals surface area contributed by atoms with Crippen molar-refractivity contribution in [3.8, 4) is 0 Å². The van der Waals surface area contributed by atoms with Crippen LogP contribution in [0.3, 0.4) is 0 Å². The number of hydrogen-bond donors (Lipinski definition) is 1. The Morgan fingerprint density at radius 3 is 2.76 bits per heavy atom. The number of nitro groups is 1. The minimum Gasteiger partial charge on any atom is -0.445 e. The number of hydrogen-bond acceptors (Lipinski definition) is 8. The van der Waals surface area contributed by atoms with Crippen LogP contribution in [-0.2, 0) is 18.4 Å². The van der Waals surface area contributed by atoms with Gasteiger partial charge in [0.2, 0.25) is 0 Å². The number of benzene rings is 1. The predicted octanol–water partition coefficient (Wildman–Crippen LogP) is 1.50. The van der Waals surface area contributed by atoms with Crippen molar-refractivity contribution >= 4 is 24.4 Å². The van der Waals surface area contributed by atoms with Gasteiger partial charge in [0.25, 0.3) is 5.69 Å². The topological polar surface area (TPSA) is 116 Å². The fraction of sp³-hybridized carbons (Fsp3) is 0.429. The molecule has 0 radical (unpaired) electrons. The van der Waals surface area contributed by atoms with Crippen LogP contribution in [0, 0.1) is 10.1 Å². The summed E-state index contributed by atoms with van der Waals surface area (Å²) in [5.41, 5.74) is 0.653. The van der Waals surface area contributed by atoms with Gasteiger partial charge >= 0.3 is 6.09 Å². The highest BCUT2D eigenvalue weighted by molar-refractivity contribution is 7.81. The van der Waals surface area contributed by atoms with Crippen molar-refractivity contribution in [3.05, 3.63) is 45.8 Å². The number of rotatable bonds is 4. The number of aromatic nitrogens is 4. The number of nitro benzene ring substituents is 1. The summed E-state index contributed by atoms with van der Waals surface area (Å²) < 4.78 is 6.86. The molecule has 1 aliphatic heterocycles. The number of amides is 1. The first kappa shape index (κ1) is 17.1. The molecule has 1 saturated heterocycles. The highest BCUT2D eigenvalue weighted by Crippen LogP contribution is 2.33. The first-order valence-electron chi connectivity index (χ1n) is 7.52. The van der Waals surface area contributed by atoms with Gasteiger partial charge in [-0.05, 0) is 34.5 Å². The molecule has 3 rings (SSSR count). The van der Waals surface area contributed by atoms with Gasteiger partial charge in [0, 0.05) is 31.0 Å². The lowest BCUT2D eigenvalue weighted by Crippen LogP contribution is -2.33. The van der Waals surface area contributed by atoms with Crippen molar-refractivity contribution in [1.29, 1.82) is 0 Å². The van der Waals surface area contributed by atoms with Gasteiger partial charge < -0.3 is 4.74 Å². The molecule has 11 heteroatoms. The summed E-state index contributed by atoms with van der Waals surface area (Å²) >= 11 is 4.45. The number of tetrazole rings is 1. The van der Waals surface area contributed by atoms with Gasteiger partial charge in [-0.2, -0.15) is 12.6 Å². The molecule has 0 aliphatic carbocycles. The lowest BCUT2D eigenvalue weighted by atomic mass is 10.2. The smallest absolute Gasteiger partial charge is 0.410 e. The van der Waals surface area contributed by atoms with Crippen LogP contribution in [-0.4, -0.2) is 47.9 Å². The Morgan fingerprint density at radius 2 is 2.16 bits per heavy atom. The fourth-order valence-electron chi connectivity index (χ4n) is 2.72. The van der Waals surface area contributed by atoms with Crippen molar-refractivity contribution in [1.82, 2.24) is 25.1 Å². The normalized spacial score (nSPS) is 19.8. The predicted molar refractivity (Wildman–Crippen MR) is 88.9 cm³/mol. The number of non-ortho nitro benzene ring substituents is 1. The lowest BCUT2D eigenvalue weighted by Gasteiger charge is -2.22. The third kappa shape index (κ3) is 3.71. The molecule has 25 heavy (non-hydrogen) atoms. The van der Waals surface area contributed by atoms with Gasteiger partial charge in [0.1, 0.15) is 6.61 Å². The highest BCUT2D eigenvalue weighted by Gasteiger charge is 2.38. The second-order valence-electron chi connectivity index (χ2n) is 5.70. The highest BCUT2D eigenvalue weighted by atomic mass is 32.1. The van der Waals surface area contributed by atoms with Gasteiger partial charge in [-0.25, -0.2) is 9.48 Å². The third-order valence-electron chi connectivity index (χ3n) is 3.97. The molecule has 10 nitrogen and oxygen atoms in total. The van der Waals surface area contributed by atoms with Crippen LogP contribution in [0.2, 0.25) is 0 Å². The molecule has 2 heterocycles. The second kappa shape index (κ2) is 7.05. The molecule has 0 N–H and O–H groups in total. The minimum absolute atomic E-state index is 0.00799. The van der Waals surface area contributed by atoms with E-state index in [-0.39, 0.29) is 23.6 Å². The van der Waals surface area contributed by atoms with Crippen molar-refractivity contribution in [2.75, 3.05) is 6.54 Å². The number of likely N-dealkylation sites (tertiary alicyclic amines) is 1. The molecule has 2 aromatic rings. The molecule has 0 spiro atoms. The van der Waals surface area contributed by atoms with Crippen LogP contribution >= 0.6 is 12.6 Å². The van der Waals surface area contributed by atoms with Crippen LogP contribution in [0.5, 0.6) is 0 Å². The van der Waals surface area contributed by atoms with Gasteiger partial charge in [-0.1, -0.05) is 0 Å². The molecule has 0 saturated carbocycles. The number of carbonyl (C=O) groups is 1. The Hall–Kier alpha value is -2.69. The second-order valence-corrected chi connectivity index (χ2v) is 6.43. The van der Waals surface area contributed by atoms with Crippen LogP contribution in [0.4, 0.5) is 10.5 Å². The van der Waals surface area contributed by atoms with Crippen LogP contribution in [0.25, 0.3) is 0 Å². The van der Waals surface area contributed by atoms with Crippen molar-refractivity contribution < 1.29 is 14.5 Å². The maximum atomic E-state index is 12.4. The zero-order valence-corrected chi connectivity index (χ0v) is 14.2. The van der Waals surface area contributed by atoms with E-state index < -0.39 is 11.0 Å². The molecule has 0 unspecified atom stereocenters. The largest absolute Gasteiger partial charge is 0.445 e. The Bertz CT molecular complexity index is 780.